The van der Waals surface area contributed by atoms with Crippen LogP contribution in [0.1, 0.15) is 12.0 Å². The molecule has 0 saturated carbocycles. The number of rotatable bonds is 8. The van der Waals surface area contributed by atoms with E-state index in [9.17, 15) is 21.2 Å². The van der Waals surface area contributed by atoms with E-state index >= 15 is 0 Å². The Bertz CT molecular complexity index is 689. The van der Waals surface area contributed by atoms with E-state index < -0.39 is 25.9 Å². The fraction of sp³-hybridized carbons (Fsp3) is 0.455. The number of benzene rings is 1. The van der Waals surface area contributed by atoms with E-state index in [1.165, 1.54) is 6.07 Å². The van der Waals surface area contributed by atoms with Crippen molar-refractivity contribution in [2.75, 3.05) is 19.3 Å². The van der Waals surface area contributed by atoms with Crippen molar-refractivity contribution in [3.05, 3.63) is 29.6 Å². The molecule has 0 heterocycles. The highest BCUT2D eigenvalue weighted by Crippen LogP contribution is 2.14. The summed E-state index contributed by atoms with van der Waals surface area (Å²) in [4.78, 5) is -0.0829. The summed E-state index contributed by atoms with van der Waals surface area (Å²) in [7, 11) is -7.06. The first-order valence-electron chi connectivity index (χ1n) is 6.08. The largest absolute Gasteiger partial charge is 0.326 e. The summed E-state index contributed by atoms with van der Waals surface area (Å²) in [5.41, 5.74) is 5.43. The molecule has 0 saturated heterocycles. The minimum Gasteiger partial charge on any atom is -0.326 e. The second-order valence-electron chi connectivity index (χ2n) is 4.38. The van der Waals surface area contributed by atoms with Gasteiger partial charge < -0.3 is 5.73 Å². The lowest BCUT2D eigenvalue weighted by Gasteiger charge is -2.08. The molecule has 0 amide bonds. The predicted octanol–water partition coefficient (Wildman–Crippen LogP) is -0.498. The topological polar surface area (TPSA) is 118 Å². The van der Waals surface area contributed by atoms with Crippen LogP contribution in [-0.2, 0) is 26.6 Å². The summed E-state index contributed by atoms with van der Waals surface area (Å²) in [6, 6.07) is 3.36. The van der Waals surface area contributed by atoms with Gasteiger partial charge in [-0.3, -0.25) is 0 Å². The number of sulfonamides is 2. The molecule has 7 nitrogen and oxygen atoms in total. The summed E-state index contributed by atoms with van der Waals surface area (Å²) in [6.07, 6.45) is 1.31. The van der Waals surface area contributed by atoms with Gasteiger partial charge in [-0.15, -0.1) is 0 Å². The smallest absolute Gasteiger partial charge is 0.240 e. The highest BCUT2D eigenvalue weighted by atomic mass is 32.2. The molecule has 120 valence electrons. The molecular weight excluding hydrogens is 321 g/mol. The number of hydrogen-bond donors (Lipinski definition) is 3. The van der Waals surface area contributed by atoms with Gasteiger partial charge >= 0.3 is 0 Å². The van der Waals surface area contributed by atoms with Crippen molar-refractivity contribution in [3.8, 4) is 0 Å². The molecule has 1 rings (SSSR count). The van der Waals surface area contributed by atoms with Crippen LogP contribution >= 0.6 is 0 Å². The summed E-state index contributed by atoms with van der Waals surface area (Å²) in [5, 5.41) is 0. The summed E-state index contributed by atoms with van der Waals surface area (Å²) in [5.74, 6) is -0.561. The lowest BCUT2D eigenvalue weighted by molar-refractivity contribution is 0.573. The van der Waals surface area contributed by atoms with E-state index in [4.69, 9.17) is 5.73 Å². The molecule has 0 radical (unpaired) electrons. The second-order valence-corrected chi connectivity index (χ2v) is 7.98. The fourth-order valence-corrected chi connectivity index (χ4v) is 3.15. The van der Waals surface area contributed by atoms with Crippen molar-refractivity contribution >= 4 is 20.0 Å². The average molecular weight is 339 g/mol. The zero-order valence-corrected chi connectivity index (χ0v) is 13.1. The Labute approximate surface area is 123 Å². The monoisotopic (exact) mass is 339 g/mol. The Morgan fingerprint density at radius 3 is 2.33 bits per heavy atom. The van der Waals surface area contributed by atoms with Crippen LogP contribution in [-0.4, -0.2) is 36.2 Å². The maximum Gasteiger partial charge on any atom is 0.240 e. The fourth-order valence-electron chi connectivity index (χ4n) is 1.51. The number of halogens is 1. The van der Waals surface area contributed by atoms with Gasteiger partial charge in [-0.05, 0) is 24.6 Å². The van der Waals surface area contributed by atoms with Gasteiger partial charge in [0.05, 0.1) is 11.2 Å². The quantitative estimate of drug-likeness (QED) is 0.552. The van der Waals surface area contributed by atoms with Crippen LogP contribution in [0.5, 0.6) is 0 Å². The third-order valence-electron chi connectivity index (χ3n) is 2.56. The molecule has 0 aliphatic heterocycles. The molecule has 0 spiro atoms. The Balaban J connectivity index is 2.62. The minimum atomic E-state index is -3.78. The van der Waals surface area contributed by atoms with E-state index in [2.05, 4.69) is 9.44 Å². The van der Waals surface area contributed by atoms with Crippen LogP contribution in [0.2, 0.25) is 0 Å². The summed E-state index contributed by atoms with van der Waals surface area (Å²) < 4.78 is 63.4. The summed E-state index contributed by atoms with van der Waals surface area (Å²) >= 11 is 0. The third kappa shape index (κ3) is 6.06. The van der Waals surface area contributed by atoms with Gasteiger partial charge in [-0.25, -0.2) is 30.7 Å². The van der Waals surface area contributed by atoms with Gasteiger partial charge in [0.15, 0.2) is 0 Å². The standard InChI is InChI=1S/C11H18FN3O4S2/c1-20(16,17)14-5-2-6-15-21(18,19)10-3-4-11(12)9(7-10)8-13/h3-4,7,14-15H,2,5-6,8,13H2,1H3. The van der Waals surface area contributed by atoms with Gasteiger partial charge in [0.2, 0.25) is 20.0 Å². The maximum absolute atomic E-state index is 13.3. The van der Waals surface area contributed by atoms with Crippen LogP contribution in [0.4, 0.5) is 4.39 Å². The van der Waals surface area contributed by atoms with E-state index in [1.54, 1.807) is 0 Å². The van der Waals surface area contributed by atoms with E-state index in [-0.39, 0.29) is 36.5 Å². The van der Waals surface area contributed by atoms with Crippen molar-refractivity contribution in [3.63, 3.8) is 0 Å². The zero-order chi connectivity index (χ0) is 16.1. The van der Waals surface area contributed by atoms with E-state index in [0.717, 1.165) is 18.4 Å². The van der Waals surface area contributed by atoms with Gasteiger partial charge in [-0.1, -0.05) is 0 Å². The van der Waals surface area contributed by atoms with Crippen molar-refractivity contribution < 1.29 is 21.2 Å². The molecule has 4 N–H and O–H groups in total. The summed E-state index contributed by atoms with van der Waals surface area (Å²) in [6.45, 7) is 0.0759. The molecule has 1 aromatic rings. The Kier molecular flexibility index (Phi) is 6.23. The highest BCUT2D eigenvalue weighted by molar-refractivity contribution is 7.89. The molecule has 0 fully saturated rings. The molecule has 1 aromatic carbocycles. The number of nitrogens with one attached hydrogen (secondary N) is 2. The highest BCUT2D eigenvalue weighted by Gasteiger charge is 2.15. The number of nitrogens with two attached hydrogens (primary N) is 1. The lowest BCUT2D eigenvalue weighted by Crippen LogP contribution is -2.29. The van der Waals surface area contributed by atoms with Gasteiger partial charge in [-0.2, -0.15) is 0 Å². The molecule has 0 aliphatic rings. The SMILES string of the molecule is CS(=O)(=O)NCCCNS(=O)(=O)c1ccc(F)c(CN)c1. The van der Waals surface area contributed by atoms with Crippen LogP contribution in [0.15, 0.2) is 23.1 Å². The van der Waals surface area contributed by atoms with Gasteiger partial charge in [0.25, 0.3) is 0 Å². The first-order valence-corrected chi connectivity index (χ1v) is 9.46. The maximum atomic E-state index is 13.3. The van der Waals surface area contributed by atoms with Crippen LogP contribution in [0.25, 0.3) is 0 Å². The molecule has 21 heavy (non-hydrogen) atoms. The molecule has 0 unspecified atom stereocenters. The molecule has 0 aliphatic carbocycles. The predicted molar refractivity (Wildman–Crippen MR) is 76.9 cm³/mol. The van der Waals surface area contributed by atoms with Crippen LogP contribution < -0.4 is 15.2 Å². The average Bonchev–Trinajstić information content (AvgIpc) is 2.37. The van der Waals surface area contributed by atoms with Crippen molar-refractivity contribution in [1.29, 1.82) is 0 Å². The molecule has 0 atom stereocenters. The lowest BCUT2D eigenvalue weighted by atomic mass is 10.2. The number of hydrogen-bond acceptors (Lipinski definition) is 5. The van der Waals surface area contributed by atoms with Gasteiger partial charge in [0, 0.05) is 25.2 Å². The molecular formula is C11H18FN3O4S2. The molecule has 0 bridgehead atoms. The van der Waals surface area contributed by atoms with Crippen LogP contribution in [0.3, 0.4) is 0 Å². The molecule has 0 aromatic heterocycles. The minimum absolute atomic E-state index is 0.0557. The first kappa shape index (κ1) is 18.0. The third-order valence-corrected chi connectivity index (χ3v) is 4.74. The first-order chi connectivity index (χ1) is 9.65. The van der Waals surface area contributed by atoms with E-state index in [1.807, 2.05) is 0 Å². The Hall–Kier alpha value is -1.07. The molecule has 10 heteroatoms. The zero-order valence-electron chi connectivity index (χ0n) is 11.5. The Morgan fingerprint density at radius 2 is 1.76 bits per heavy atom. The normalized spacial score (nSPS) is 12.5. The van der Waals surface area contributed by atoms with Gasteiger partial charge in [0.1, 0.15) is 5.82 Å². The second kappa shape index (κ2) is 7.27. The Morgan fingerprint density at radius 1 is 1.14 bits per heavy atom. The van der Waals surface area contributed by atoms with E-state index in [0.29, 0.717) is 0 Å². The van der Waals surface area contributed by atoms with Crippen molar-refractivity contribution in [1.82, 2.24) is 9.44 Å². The van der Waals surface area contributed by atoms with Crippen molar-refractivity contribution in [2.45, 2.75) is 17.9 Å². The van der Waals surface area contributed by atoms with Crippen molar-refractivity contribution in [2.24, 2.45) is 5.73 Å². The van der Waals surface area contributed by atoms with Crippen LogP contribution in [0, 0.1) is 5.82 Å².